The molecule has 0 saturated carbocycles. The van der Waals surface area contributed by atoms with Crippen LogP contribution in [0.3, 0.4) is 0 Å². The van der Waals surface area contributed by atoms with Crippen LogP contribution in [0.2, 0.25) is 0 Å². The fraction of sp³-hybridized carbons (Fsp3) is 0.100. The number of hydrogen-bond acceptors (Lipinski definition) is 5. The van der Waals surface area contributed by atoms with Gasteiger partial charge in [0.15, 0.2) is 0 Å². The van der Waals surface area contributed by atoms with E-state index in [1.807, 2.05) is 5.38 Å². The Morgan fingerprint density at radius 2 is 2.18 bits per heavy atom. The molecule has 0 bridgehead atoms. The van der Waals surface area contributed by atoms with Gasteiger partial charge in [0, 0.05) is 27.8 Å². The smallest absolute Gasteiger partial charge is 0.265 e. The van der Waals surface area contributed by atoms with Crippen molar-refractivity contribution in [2.45, 2.75) is 4.90 Å². The standard InChI is InChI=1S/C10H8ClNO3S2/c1-15-8-3-2-7(10-12-4-5-16-10)6-9(8)17(11,13)14/h2-6H,1H3. The zero-order valence-electron chi connectivity index (χ0n) is 8.75. The lowest BCUT2D eigenvalue weighted by Crippen LogP contribution is -1.96. The van der Waals surface area contributed by atoms with Gasteiger partial charge in [0.2, 0.25) is 0 Å². The molecule has 0 saturated heterocycles. The molecular weight excluding hydrogens is 282 g/mol. The molecule has 0 fully saturated rings. The molecule has 17 heavy (non-hydrogen) atoms. The summed E-state index contributed by atoms with van der Waals surface area (Å²) in [6.07, 6.45) is 1.65. The van der Waals surface area contributed by atoms with Crippen molar-refractivity contribution in [2.24, 2.45) is 0 Å². The van der Waals surface area contributed by atoms with Crippen LogP contribution in [-0.4, -0.2) is 20.5 Å². The van der Waals surface area contributed by atoms with E-state index in [1.165, 1.54) is 24.5 Å². The molecule has 90 valence electrons. The van der Waals surface area contributed by atoms with Gasteiger partial charge in [-0.05, 0) is 18.2 Å². The molecule has 0 spiro atoms. The third kappa shape index (κ3) is 2.59. The lowest BCUT2D eigenvalue weighted by molar-refractivity contribution is 0.403. The van der Waals surface area contributed by atoms with Gasteiger partial charge in [-0.3, -0.25) is 0 Å². The molecule has 1 heterocycles. The Morgan fingerprint density at radius 1 is 1.41 bits per heavy atom. The molecule has 0 radical (unpaired) electrons. The molecule has 4 nitrogen and oxygen atoms in total. The van der Waals surface area contributed by atoms with E-state index in [0.29, 0.717) is 5.56 Å². The average Bonchev–Trinajstić information content (AvgIpc) is 2.80. The van der Waals surface area contributed by atoms with E-state index < -0.39 is 9.05 Å². The predicted molar refractivity (Wildman–Crippen MR) is 67.1 cm³/mol. The van der Waals surface area contributed by atoms with Gasteiger partial charge < -0.3 is 4.74 Å². The first kappa shape index (κ1) is 12.3. The van der Waals surface area contributed by atoms with Crippen molar-refractivity contribution in [2.75, 3.05) is 7.11 Å². The van der Waals surface area contributed by atoms with Crippen LogP contribution in [0.1, 0.15) is 0 Å². The largest absolute Gasteiger partial charge is 0.495 e. The summed E-state index contributed by atoms with van der Waals surface area (Å²) >= 11 is 1.42. The molecule has 0 amide bonds. The third-order valence-electron chi connectivity index (χ3n) is 2.11. The number of thiazole rings is 1. The van der Waals surface area contributed by atoms with Crippen LogP contribution in [0.15, 0.2) is 34.7 Å². The van der Waals surface area contributed by atoms with E-state index in [9.17, 15) is 8.42 Å². The highest BCUT2D eigenvalue weighted by molar-refractivity contribution is 8.13. The second-order valence-electron chi connectivity index (χ2n) is 3.14. The van der Waals surface area contributed by atoms with Gasteiger partial charge in [-0.25, -0.2) is 13.4 Å². The Bertz CT molecular complexity index is 623. The number of methoxy groups -OCH3 is 1. The predicted octanol–water partition coefficient (Wildman–Crippen LogP) is 2.75. The van der Waals surface area contributed by atoms with Crippen molar-refractivity contribution in [3.05, 3.63) is 29.8 Å². The molecule has 0 aliphatic rings. The van der Waals surface area contributed by atoms with Gasteiger partial charge in [-0.2, -0.15) is 0 Å². The summed E-state index contributed by atoms with van der Waals surface area (Å²) in [6, 6.07) is 4.76. The number of benzene rings is 1. The molecule has 1 aromatic carbocycles. The summed E-state index contributed by atoms with van der Waals surface area (Å²) in [7, 11) is 2.91. The average molecular weight is 290 g/mol. The zero-order chi connectivity index (χ0) is 12.5. The van der Waals surface area contributed by atoms with Gasteiger partial charge in [0.25, 0.3) is 9.05 Å². The molecule has 0 unspecified atom stereocenters. The SMILES string of the molecule is COc1ccc(-c2nccs2)cc1S(=O)(=O)Cl. The molecule has 2 rings (SSSR count). The van der Waals surface area contributed by atoms with Gasteiger partial charge in [-0.15, -0.1) is 11.3 Å². The summed E-state index contributed by atoms with van der Waals surface area (Å²) in [5.41, 5.74) is 0.694. The maximum absolute atomic E-state index is 11.4. The fourth-order valence-electron chi connectivity index (χ4n) is 1.37. The zero-order valence-corrected chi connectivity index (χ0v) is 11.1. The van der Waals surface area contributed by atoms with Crippen LogP contribution in [0.25, 0.3) is 10.6 Å². The summed E-state index contributed by atoms with van der Waals surface area (Å²) in [4.78, 5) is 4.06. The Balaban J connectivity index is 2.61. The van der Waals surface area contributed by atoms with Crippen molar-refractivity contribution in [1.29, 1.82) is 0 Å². The molecule has 0 atom stereocenters. The second kappa shape index (κ2) is 4.64. The van der Waals surface area contributed by atoms with Crippen LogP contribution in [0.5, 0.6) is 5.75 Å². The molecule has 0 aliphatic carbocycles. The van der Waals surface area contributed by atoms with Crippen molar-refractivity contribution >= 4 is 31.1 Å². The van der Waals surface area contributed by atoms with E-state index in [1.54, 1.807) is 18.3 Å². The van der Waals surface area contributed by atoms with Crippen LogP contribution in [0.4, 0.5) is 0 Å². The number of halogens is 1. The van der Waals surface area contributed by atoms with Gasteiger partial charge in [-0.1, -0.05) is 0 Å². The summed E-state index contributed by atoms with van der Waals surface area (Å²) < 4.78 is 27.8. The number of rotatable bonds is 3. The summed E-state index contributed by atoms with van der Waals surface area (Å²) in [6.45, 7) is 0. The molecule has 7 heteroatoms. The lowest BCUT2D eigenvalue weighted by Gasteiger charge is -2.06. The van der Waals surface area contributed by atoms with Crippen molar-refractivity contribution < 1.29 is 13.2 Å². The summed E-state index contributed by atoms with van der Waals surface area (Å²) in [5, 5.41) is 2.54. The number of hydrogen-bond donors (Lipinski definition) is 0. The Labute approximate surface area is 107 Å². The van der Waals surface area contributed by atoms with Crippen molar-refractivity contribution in [1.82, 2.24) is 4.98 Å². The summed E-state index contributed by atoms with van der Waals surface area (Å²) in [5.74, 6) is 0.223. The van der Waals surface area contributed by atoms with E-state index in [0.717, 1.165) is 5.01 Å². The monoisotopic (exact) mass is 289 g/mol. The minimum atomic E-state index is -3.84. The topological polar surface area (TPSA) is 56.3 Å². The molecule has 0 N–H and O–H groups in total. The Morgan fingerprint density at radius 3 is 2.71 bits per heavy atom. The minimum absolute atomic E-state index is 0.0469. The maximum atomic E-state index is 11.4. The van der Waals surface area contributed by atoms with Crippen LogP contribution < -0.4 is 4.74 Å². The van der Waals surface area contributed by atoms with E-state index in [2.05, 4.69) is 4.98 Å². The molecule has 1 aromatic heterocycles. The first-order chi connectivity index (χ1) is 8.02. The number of aromatic nitrogens is 1. The minimum Gasteiger partial charge on any atom is -0.495 e. The van der Waals surface area contributed by atoms with E-state index in [-0.39, 0.29) is 10.6 Å². The normalized spacial score (nSPS) is 11.4. The fourth-order valence-corrected chi connectivity index (χ4v) is 3.02. The van der Waals surface area contributed by atoms with Crippen LogP contribution >= 0.6 is 22.0 Å². The Hall–Kier alpha value is -1.11. The van der Waals surface area contributed by atoms with Crippen molar-refractivity contribution in [3.63, 3.8) is 0 Å². The van der Waals surface area contributed by atoms with Gasteiger partial charge >= 0.3 is 0 Å². The van der Waals surface area contributed by atoms with E-state index in [4.69, 9.17) is 15.4 Å². The quantitative estimate of drug-likeness (QED) is 0.815. The molecule has 0 aliphatic heterocycles. The highest BCUT2D eigenvalue weighted by Gasteiger charge is 2.18. The number of ether oxygens (including phenoxy) is 1. The molecular formula is C10H8ClNO3S2. The first-order valence-corrected chi connectivity index (χ1v) is 7.74. The third-order valence-corrected chi connectivity index (χ3v) is 4.27. The highest BCUT2D eigenvalue weighted by atomic mass is 35.7. The number of nitrogens with zero attached hydrogens (tertiary/aromatic N) is 1. The van der Waals surface area contributed by atoms with Crippen LogP contribution in [0, 0.1) is 0 Å². The van der Waals surface area contributed by atoms with Crippen molar-refractivity contribution in [3.8, 4) is 16.3 Å². The highest BCUT2D eigenvalue weighted by Crippen LogP contribution is 2.32. The van der Waals surface area contributed by atoms with Crippen LogP contribution in [-0.2, 0) is 9.05 Å². The lowest BCUT2D eigenvalue weighted by atomic mass is 10.2. The Kier molecular flexibility index (Phi) is 3.37. The first-order valence-electron chi connectivity index (χ1n) is 4.55. The van der Waals surface area contributed by atoms with Gasteiger partial charge in [0.05, 0.1) is 7.11 Å². The van der Waals surface area contributed by atoms with E-state index >= 15 is 0 Å². The van der Waals surface area contributed by atoms with Gasteiger partial charge in [0.1, 0.15) is 15.7 Å². The maximum Gasteiger partial charge on any atom is 0.265 e. The molecule has 2 aromatic rings. The second-order valence-corrected chi connectivity index (χ2v) is 6.57.